The fourth-order valence-corrected chi connectivity index (χ4v) is 2.40. The fourth-order valence-electron chi connectivity index (χ4n) is 1.18. The second kappa shape index (κ2) is 6.57. The monoisotopic (exact) mass is 373 g/mol. The zero-order valence-corrected chi connectivity index (χ0v) is 12.6. The molecule has 18 heavy (non-hydrogen) atoms. The molecule has 0 saturated heterocycles. The average Bonchev–Trinajstić information content (AvgIpc) is 2.33. The minimum atomic E-state index is -0.666. The maximum Gasteiger partial charge on any atom is 0.348 e. The third-order valence-electron chi connectivity index (χ3n) is 1.97. The van der Waals surface area contributed by atoms with Crippen LogP contribution in [0, 0.1) is 11.3 Å². The summed E-state index contributed by atoms with van der Waals surface area (Å²) in [5, 5.41) is 18.4. The van der Waals surface area contributed by atoms with Crippen molar-refractivity contribution in [2.24, 2.45) is 0 Å². The number of ether oxygens (including phenoxy) is 1. The molecule has 1 aromatic rings. The summed E-state index contributed by atoms with van der Waals surface area (Å²) in [6, 6.07) is 4.97. The second-order valence-corrected chi connectivity index (χ2v) is 4.93. The summed E-state index contributed by atoms with van der Waals surface area (Å²) in [5.41, 5.74) is 0.498. The standard InChI is InChI=1S/C12H9Br2NO3/c1-2-18-12(17)8(6-15)3-7-4-9(13)11(16)10(14)5-7/h3-5,16H,2H2,1H3. The Morgan fingerprint density at radius 1 is 1.50 bits per heavy atom. The van der Waals surface area contributed by atoms with Crippen LogP contribution in [0.2, 0.25) is 0 Å². The molecule has 0 aromatic heterocycles. The highest BCUT2D eigenvalue weighted by Crippen LogP contribution is 2.33. The third-order valence-corrected chi connectivity index (χ3v) is 3.18. The van der Waals surface area contributed by atoms with Crippen LogP contribution in [0.4, 0.5) is 0 Å². The quantitative estimate of drug-likeness (QED) is 0.500. The van der Waals surface area contributed by atoms with Crippen molar-refractivity contribution in [3.8, 4) is 11.8 Å². The number of esters is 1. The lowest BCUT2D eigenvalue weighted by molar-refractivity contribution is -0.137. The Hall–Kier alpha value is -1.32. The number of hydrogen-bond acceptors (Lipinski definition) is 4. The number of aromatic hydroxyl groups is 1. The Kier molecular flexibility index (Phi) is 5.38. The number of rotatable bonds is 3. The third kappa shape index (κ3) is 3.59. The molecule has 0 unspecified atom stereocenters. The first-order valence-electron chi connectivity index (χ1n) is 4.96. The molecule has 0 saturated carbocycles. The molecule has 0 amide bonds. The molecule has 0 aliphatic heterocycles. The maximum atomic E-state index is 11.4. The lowest BCUT2D eigenvalue weighted by Crippen LogP contribution is -2.05. The van der Waals surface area contributed by atoms with Gasteiger partial charge in [-0.25, -0.2) is 4.79 Å². The molecule has 6 heteroatoms. The summed E-state index contributed by atoms with van der Waals surface area (Å²) in [7, 11) is 0. The van der Waals surface area contributed by atoms with Crippen LogP contribution in [0.25, 0.3) is 6.08 Å². The zero-order chi connectivity index (χ0) is 13.7. The summed E-state index contributed by atoms with van der Waals surface area (Å²) in [6.45, 7) is 1.88. The van der Waals surface area contributed by atoms with Crippen LogP contribution < -0.4 is 0 Å². The number of halogens is 2. The fraction of sp³-hybridized carbons (Fsp3) is 0.167. The highest BCUT2D eigenvalue weighted by molar-refractivity contribution is 9.11. The van der Waals surface area contributed by atoms with Crippen molar-refractivity contribution < 1.29 is 14.6 Å². The smallest absolute Gasteiger partial charge is 0.348 e. The number of carbonyl (C=O) groups is 1. The molecule has 0 aliphatic carbocycles. The predicted molar refractivity (Wildman–Crippen MR) is 73.7 cm³/mol. The Balaban J connectivity index is 3.15. The van der Waals surface area contributed by atoms with Crippen molar-refractivity contribution in [2.45, 2.75) is 6.92 Å². The van der Waals surface area contributed by atoms with E-state index in [2.05, 4.69) is 31.9 Å². The van der Waals surface area contributed by atoms with Gasteiger partial charge in [0.1, 0.15) is 17.4 Å². The van der Waals surface area contributed by atoms with Gasteiger partial charge in [-0.3, -0.25) is 0 Å². The van der Waals surface area contributed by atoms with Crippen LogP contribution in [-0.4, -0.2) is 17.7 Å². The van der Waals surface area contributed by atoms with Crippen molar-refractivity contribution in [3.05, 3.63) is 32.2 Å². The van der Waals surface area contributed by atoms with Gasteiger partial charge in [0.15, 0.2) is 0 Å². The van der Waals surface area contributed by atoms with Crippen LogP contribution in [0.15, 0.2) is 26.7 Å². The van der Waals surface area contributed by atoms with E-state index in [9.17, 15) is 9.90 Å². The number of phenols is 1. The molecule has 0 fully saturated rings. The second-order valence-electron chi connectivity index (χ2n) is 3.22. The molecule has 0 spiro atoms. The largest absolute Gasteiger partial charge is 0.506 e. The van der Waals surface area contributed by atoms with Crippen molar-refractivity contribution in [3.63, 3.8) is 0 Å². The average molecular weight is 375 g/mol. The zero-order valence-electron chi connectivity index (χ0n) is 9.41. The maximum absolute atomic E-state index is 11.4. The number of benzene rings is 1. The van der Waals surface area contributed by atoms with Gasteiger partial charge in [0, 0.05) is 0 Å². The van der Waals surface area contributed by atoms with Gasteiger partial charge in [-0.2, -0.15) is 5.26 Å². The Bertz CT molecular complexity index is 524. The van der Waals surface area contributed by atoms with Crippen molar-refractivity contribution in [1.29, 1.82) is 5.26 Å². The first kappa shape index (κ1) is 14.7. The van der Waals surface area contributed by atoms with Crippen molar-refractivity contribution in [1.82, 2.24) is 0 Å². The predicted octanol–water partition coefficient (Wildman–Crippen LogP) is 3.39. The van der Waals surface area contributed by atoms with Gasteiger partial charge >= 0.3 is 5.97 Å². The van der Waals surface area contributed by atoms with E-state index in [0.29, 0.717) is 14.5 Å². The molecular weight excluding hydrogens is 366 g/mol. The van der Waals surface area contributed by atoms with E-state index in [0.717, 1.165) is 0 Å². The van der Waals surface area contributed by atoms with Crippen LogP contribution in [0.3, 0.4) is 0 Å². The Labute approximate surface area is 121 Å². The molecule has 1 rings (SSSR count). The van der Waals surface area contributed by atoms with E-state index >= 15 is 0 Å². The van der Waals surface area contributed by atoms with Crippen LogP contribution in [-0.2, 0) is 9.53 Å². The highest BCUT2D eigenvalue weighted by Gasteiger charge is 2.11. The van der Waals surface area contributed by atoms with Gasteiger partial charge in [-0.05, 0) is 62.6 Å². The molecule has 0 bridgehead atoms. The molecule has 0 aliphatic rings. The molecule has 4 nitrogen and oxygen atoms in total. The molecule has 0 radical (unpaired) electrons. The minimum Gasteiger partial charge on any atom is -0.506 e. The van der Waals surface area contributed by atoms with E-state index < -0.39 is 5.97 Å². The summed E-state index contributed by atoms with van der Waals surface area (Å²) in [5.74, 6) is -0.609. The van der Waals surface area contributed by atoms with E-state index in [1.807, 2.05) is 0 Å². The van der Waals surface area contributed by atoms with E-state index in [-0.39, 0.29) is 17.9 Å². The van der Waals surface area contributed by atoms with Crippen molar-refractivity contribution in [2.75, 3.05) is 6.61 Å². The van der Waals surface area contributed by atoms with Crippen LogP contribution in [0.1, 0.15) is 12.5 Å². The highest BCUT2D eigenvalue weighted by atomic mass is 79.9. The van der Waals surface area contributed by atoms with Gasteiger partial charge in [0.05, 0.1) is 15.6 Å². The normalized spacial score (nSPS) is 10.9. The van der Waals surface area contributed by atoms with Crippen LogP contribution in [0.5, 0.6) is 5.75 Å². The minimum absolute atomic E-state index is 0.0572. The van der Waals surface area contributed by atoms with Gasteiger partial charge < -0.3 is 9.84 Å². The number of phenolic OH excluding ortho intramolecular Hbond substituents is 1. The van der Waals surface area contributed by atoms with Gasteiger partial charge in [0.2, 0.25) is 0 Å². The lowest BCUT2D eigenvalue weighted by Gasteiger charge is -2.03. The van der Waals surface area contributed by atoms with E-state index in [4.69, 9.17) is 10.00 Å². The van der Waals surface area contributed by atoms with Crippen molar-refractivity contribution >= 4 is 43.9 Å². The SMILES string of the molecule is CCOC(=O)C(C#N)=Cc1cc(Br)c(O)c(Br)c1. The summed E-state index contributed by atoms with van der Waals surface area (Å²) >= 11 is 6.34. The molecule has 0 heterocycles. The number of hydrogen-bond donors (Lipinski definition) is 1. The summed E-state index contributed by atoms with van der Waals surface area (Å²) in [4.78, 5) is 11.4. The number of carbonyl (C=O) groups excluding carboxylic acids is 1. The summed E-state index contributed by atoms with van der Waals surface area (Å²) < 4.78 is 5.67. The van der Waals surface area contributed by atoms with E-state index in [1.165, 1.54) is 6.08 Å². The Morgan fingerprint density at radius 3 is 2.50 bits per heavy atom. The lowest BCUT2D eigenvalue weighted by atomic mass is 10.1. The molecule has 1 aromatic carbocycles. The number of nitrogens with zero attached hydrogens (tertiary/aromatic N) is 1. The molecule has 0 atom stereocenters. The van der Waals surface area contributed by atoms with Gasteiger partial charge in [-0.1, -0.05) is 0 Å². The van der Waals surface area contributed by atoms with E-state index in [1.54, 1.807) is 25.1 Å². The first-order chi connectivity index (χ1) is 8.49. The van der Waals surface area contributed by atoms with Crippen LogP contribution >= 0.6 is 31.9 Å². The topological polar surface area (TPSA) is 70.3 Å². The van der Waals surface area contributed by atoms with Gasteiger partial charge in [0.25, 0.3) is 0 Å². The first-order valence-corrected chi connectivity index (χ1v) is 6.55. The Morgan fingerprint density at radius 2 is 2.06 bits per heavy atom. The molecule has 94 valence electrons. The number of nitriles is 1. The molecular formula is C12H9Br2NO3. The summed E-state index contributed by atoms with van der Waals surface area (Å²) in [6.07, 6.45) is 1.40. The molecule has 1 N–H and O–H groups in total. The van der Waals surface area contributed by atoms with Gasteiger partial charge in [-0.15, -0.1) is 0 Å².